The van der Waals surface area contributed by atoms with Crippen LogP contribution in [0.25, 0.3) is 0 Å². The molecule has 2 atom stereocenters. The standard InChI is InChI=1S/C12H25N3O/c1-9(2)11(13)12(16)15-7-5-6-14(4)8-10(15)3/h9-11H,5-8,13H2,1-4H3. The van der Waals surface area contributed by atoms with Crippen LogP contribution < -0.4 is 5.73 Å². The van der Waals surface area contributed by atoms with Crippen LogP contribution in [0.4, 0.5) is 0 Å². The number of amides is 1. The molecule has 0 saturated carbocycles. The molecule has 0 aromatic carbocycles. The van der Waals surface area contributed by atoms with E-state index in [2.05, 4.69) is 18.9 Å². The molecule has 2 unspecified atom stereocenters. The number of carbonyl (C=O) groups excluding carboxylic acids is 1. The number of likely N-dealkylation sites (N-methyl/N-ethyl adjacent to an activating group) is 1. The maximum absolute atomic E-state index is 12.2. The average Bonchev–Trinajstić information content (AvgIpc) is 2.37. The summed E-state index contributed by atoms with van der Waals surface area (Å²) in [6, 6.07) is -0.0874. The molecule has 16 heavy (non-hydrogen) atoms. The average molecular weight is 227 g/mol. The van der Waals surface area contributed by atoms with Gasteiger partial charge in [-0.15, -0.1) is 0 Å². The topological polar surface area (TPSA) is 49.6 Å². The van der Waals surface area contributed by atoms with Crippen molar-refractivity contribution < 1.29 is 4.79 Å². The Bertz CT molecular complexity index is 242. The van der Waals surface area contributed by atoms with E-state index < -0.39 is 0 Å². The monoisotopic (exact) mass is 227 g/mol. The van der Waals surface area contributed by atoms with Crippen molar-refractivity contribution in [2.45, 2.75) is 39.3 Å². The SMILES string of the molecule is CC(C)C(N)C(=O)N1CCCN(C)CC1C. The first kappa shape index (κ1) is 13.5. The summed E-state index contributed by atoms with van der Waals surface area (Å²) in [5, 5.41) is 0. The second kappa shape index (κ2) is 5.64. The summed E-state index contributed by atoms with van der Waals surface area (Å²) in [6.45, 7) is 8.94. The molecule has 0 aliphatic carbocycles. The minimum absolute atomic E-state index is 0.109. The molecule has 2 N–H and O–H groups in total. The van der Waals surface area contributed by atoms with E-state index in [-0.39, 0.29) is 23.9 Å². The molecule has 1 aliphatic rings. The predicted octanol–water partition coefficient (Wildman–Crippen LogP) is 0.522. The normalized spacial score (nSPS) is 25.6. The molecule has 0 spiro atoms. The molecule has 1 rings (SSSR count). The van der Waals surface area contributed by atoms with E-state index in [0.29, 0.717) is 0 Å². The molecule has 0 aromatic rings. The fourth-order valence-corrected chi connectivity index (χ4v) is 2.18. The van der Waals surface area contributed by atoms with Gasteiger partial charge in [0.05, 0.1) is 6.04 Å². The van der Waals surface area contributed by atoms with Crippen LogP contribution in [0, 0.1) is 5.92 Å². The summed E-state index contributed by atoms with van der Waals surface area (Å²) in [4.78, 5) is 16.4. The minimum atomic E-state index is -0.356. The van der Waals surface area contributed by atoms with Gasteiger partial charge in [-0.3, -0.25) is 4.79 Å². The Morgan fingerprint density at radius 1 is 1.38 bits per heavy atom. The van der Waals surface area contributed by atoms with Gasteiger partial charge in [0.25, 0.3) is 0 Å². The first-order chi connectivity index (χ1) is 7.43. The van der Waals surface area contributed by atoms with Crippen molar-refractivity contribution in [2.75, 3.05) is 26.7 Å². The molecule has 94 valence electrons. The van der Waals surface area contributed by atoms with E-state index in [0.717, 1.165) is 26.1 Å². The highest BCUT2D eigenvalue weighted by atomic mass is 16.2. The Morgan fingerprint density at radius 2 is 2.00 bits per heavy atom. The number of rotatable bonds is 2. The third-order valence-corrected chi connectivity index (χ3v) is 3.33. The predicted molar refractivity (Wildman–Crippen MR) is 66.1 cm³/mol. The van der Waals surface area contributed by atoms with Gasteiger partial charge in [-0.05, 0) is 32.9 Å². The Labute approximate surface area is 98.8 Å². The molecule has 0 bridgehead atoms. The molecule has 0 radical (unpaired) electrons. The van der Waals surface area contributed by atoms with Crippen LogP contribution in [0.1, 0.15) is 27.2 Å². The van der Waals surface area contributed by atoms with Crippen LogP contribution in [0.15, 0.2) is 0 Å². The highest BCUT2D eigenvalue weighted by Crippen LogP contribution is 2.12. The molecular formula is C12H25N3O. The molecule has 0 aromatic heterocycles. The minimum Gasteiger partial charge on any atom is -0.337 e. The molecule has 1 saturated heterocycles. The van der Waals surface area contributed by atoms with E-state index in [9.17, 15) is 4.79 Å². The second-order valence-electron chi connectivity index (χ2n) is 5.27. The zero-order chi connectivity index (χ0) is 12.3. The summed E-state index contributed by atoms with van der Waals surface area (Å²) in [6.07, 6.45) is 1.04. The third kappa shape index (κ3) is 3.19. The largest absolute Gasteiger partial charge is 0.337 e. The highest BCUT2D eigenvalue weighted by molar-refractivity contribution is 5.82. The van der Waals surface area contributed by atoms with Crippen molar-refractivity contribution in [3.05, 3.63) is 0 Å². The van der Waals surface area contributed by atoms with Gasteiger partial charge in [0, 0.05) is 19.1 Å². The van der Waals surface area contributed by atoms with Gasteiger partial charge in [-0.1, -0.05) is 13.8 Å². The van der Waals surface area contributed by atoms with Crippen molar-refractivity contribution in [1.82, 2.24) is 9.80 Å². The molecule has 4 nitrogen and oxygen atoms in total. The summed E-state index contributed by atoms with van der Waals surface area (Å²) < 4.78 is 0. The van der Waals surface area contributed by atoms with E-state index in [1.807, 2.05) is 18.7 Å². The Kier molecular flexibility index (Phi) is 4.74. The van der Waals surface area contributed by atoms with E-state index in [4.69, 9.17) is 5.73 Å². The van der Waals surface area contributed by atoms with Gasteiger partial charge in [0.2, 0.25) is 5.91 Å². The van der Waals surface area contributed by atoms with Crippen molar-refractivity contribution >= 4 is 5.91 Å². The highest BCUT2D eigenvalue weighted by Gasteiger charge is 2.28. The molecular weight excluding hydrogens is 202 g/mol. The van der Waals surface area contributed by atoms with Gasteiger partial charge in [-0.2, -0.15) is 0 Å². The number of nitrogens with zero attached hydrogens (tertiary/aromatic N) is 2. The lowest BCUT2D eigenvalue weighted by Gasteiger charge is -2.31. The molecule has 1 heterocycles. The van der Waals surface area contributed by atoms with Crippen LogP contribution >= 0.6 is 0 Å². The summed E-state index contributed by atoms with van der Waals surface area (Å²) in [7, 11) is 2.10. The maximum Gasteiger partial charge on any atom is 0.240 e. The second-order valence-corrected chi connectivity index (χ2v) is 5.27. The molecule has 1 aliphatic heterocycles. The van der Waals surface area contributed by atoms with Crippen molar-refractivity contribution in [2.24, 2.45) is 11.7 Å². The van der Waals surface area contributed by atoms with Gasteiger partial charge in [-0.25, -0.2) is 0 Å². The molecule has 4 heteroatoms. The third-order valence-electron chi connectivity index (χ3n) is 3.33. The Balaban J connectivity index is 2.67. The maximum atomic E-state index is 12.2. The van der Waals surface area contributed by atoms with Crippen LogP contribution in [0.2, 0.25) is 0 Å². The van der Waals surface area contributed by atoms with Crippen LogP contribution in [-0.2, 0) is 4.79 Å². The lowest BCUT2D eigenvalue weighted by molar-refractivity contribution is -0.135. The van der Waals surface area contributed by atoms with Crippen molar-refractivity contribution in [3.8, 4) is 0 Å². The first-order valence-corrected chi connectivity index (χ1v) is 6.18. The Hall–Kier alpha value is -0.610. The van der Waals surface area contributed by atoms with E-state index >= 15 is 0 Å². The van der Waals surface area contributed by atoms with Crippen LogP contribution in [-0.4, -0.2) is 54.5 Å². The Morgan fingerprint density at radius 3 is 2.56 bits per heavy atom. The molecule has 1 amide bonds. The van der Waals surface area contributed by atoms with Gasteiger partial charge >= 0.3 is 0 Å². The lowest BCUT2D eigenvalue weighted by atomic mass is 10.0. The summed E-state index contributed by atoms with van der Waals surface area (Å²) in [5.74, 6) is 0.318. The zero-order valence-electron chi connectivity index (χ0n) is 10.9. The fraction of sp³-hybridized carbons (Fsp3) is 0.917. The van der Waals surface area contributed by atoms with E-state index in [1.165, 1.54) is 0 Å². The van der Waals surface area contributed by atoms with Gasteiger partial charge < -0.3 is 15.5 Å². The lowest BCUT2D eigenvalue weighted by Crippen LogP contribution is -2.51. The number of nitrogens with two attached hydrogens (primary N) is 1. The van der Waals surface area contributed by atoms with Crippen molar-refractivity contribution in [3.63, 3.8) is 0 Å². The van der Waals surface area contributed by atoms with Gasteiger partial charge in [0.15, 0.2) is 0 Å². The quantitative estimate of drug-likeness (QED) is 0.748. The first-order valence-electron chi connectivity index (χ1n) is 6.18. The van der Waals surface area contributed by atoms with Crippen LogP contribution in [0.3, 0.4) is 0 Å². The number of hydrogen-bond acceptors (Lipinski definition) is 3. The smallest absolute Gasteiger partial charge is 0.240 e. The summed E-state index contributed by atoms with van der Waals surface area (Å²) in [5.41, 5.74) is 5.93. The van der Waals surface area contributed by atoms with Gasteiger partial charge in [0.1, 0.15) is 0 Å². The zero-order valence-corrected chi connectivity index (χ0v) is 10.9. The van der Waals surface area contributed by atoms with E-state index in [1.54, 1.807) is 0 Å². The molecule has 1 fully saturated rings. The number of hydrogen-bond donors (Lipinski definition) is 1. The fourth-order valence-electron chi connectivity index (χ4n) is 2.18. The number of carbonyl (C=O) groups is 1. The summed E-state index contributed by atoms with van der Waals surface area (Å²) >= 11 is 0. The van der Waals surface area contributed by atoms with Crippen LogP contribution in [0.5, 0.6) is 0 Å². The van der Waals surface area contributed by atoms with Crippen molar-refractivity contribution in [1.29, 1.82) is 0 Å².